The molecule has 0 radical (unpaired) electrons. The summed E-state index contributed by atoms with van der Waals surface area (Å²) in [5.74, 6) is 0. The molecule has 84 valence electrons. The van der Waals surface area contributed by atoms with Gasteiger partial charge in [-0.15, -0.1) is 0 Å². The van der Waals surface area contributed by atoms with Gasteiger partial charge in [0, 0.05) is 10.0 Å². The molecule has 0 spiro atoms. The van der Waals surface area contributed by atoms with E-state index in [9.17, 15) is 4.79 Å². The first kappa shape index (κ1) is 11.6. The molecule has 0 atom stereocenters. The lowest BCUT2D eigenvalue weighted by atomic mass is 10.3. The molecule has 0 bridgehead atoms. The SMILES string of the molecule is O=C1NC(=S)CNN1c1cc(Cl)cc(Cl)c1. The lowest BCUT2D eigenvalue weighted by Crippen LogP contribution is -2.58. The van der Waals surface area contributed by atoms with Gasteiger partial charge in [0.05, 0.1) is 17.2 Å². The minimum Gasteiger partial charge on any atom is -0.299 e. The second-order valence-corrected chi connectivity index (χ2v) is 4.52. The van der Waals surface area contributed by atoms with Gasteiger partial charge in [-0.1, -0.05) is 35.4 Å². The molecule has 0 aromatic heterocycles. The van der Waals surface area contributed by atoms with Crippen LogP contribution < -0.4 is 15.8 Å². The number of nitrogens with zero attached hydrogens (tertiary/aromatic N) is 1. The number of urea groups is 1. The van der Waals surface area contributed by atoms with E-state index < -0.39 is 0 Å². The van der Waals surface area contributed by atoms with Crippen molar-refractivity contribution in [2.24, 2.45) is 0 Å². The fourth-order valence-electron chi connectivity index (χ4n) is 1.32. The van der Waals surface area contributed by atoms with Crippen molar-refractivity contribution in [1.82, 2.24) is 10.7 Å². The first-order chi connectivity index (χ1) is 7.56. The predicted octanol–water partition coefficient (Wildman–Crippen LogP) is 2.36. The Hall–Kier alpha value is -0.880. The zero-order valence-corrected chi connectivity index (χ0v) is 10.3. The highest BCUT2D eigenvalue weighted by atomic mass is 35.5. The molecule has 1 aliphatic heterocycles. The van der Waals surface area contributed by atoms with Gasteiger partial charge < -0.3 is 0 Å². The average Bonchev–Trinajstić information content (AvgIpc) is 2.15. The zero-order valence-electron chi connectivity index (χ0n) is 7.96. The summed E-state index contributed by atoms with van der Waals surface area (Å²) < 4.78 is 0. The molecule has 1 fully saturated rings. The van der Waals surface area contributed by atoms with Gasteiger partial charge in [0.15, 0.2) is 0 Å². The first-order valence-corrected chi connectivity index (χ1v) is 5.56. The molecule has 1 aromatic carbocycles. The lowest BCUT2D eigenvalue weighted by Gasteiger charge is -2.28. The molecule has 7 heteroatoms. The largest absolute Gasteiger partial charge is 0.341 e. The Balaban J connectivity index is 2.30. The van der Waals surface area contributed by atoms with Gasteiger partial charge in [-0.25, -0.2) is 15.2 Å². The maximum atomic E-state index is 11.6. The van der Waals surface area contributed by atoms with Crippen molar-refractivity contribution in [3.8, 4) is 0 Å². The Labute approximate surface area is 107 Å². The smallest absolute Gasteiger partial charge is 0.299 e. The number of nitrogens with one attached hydrogen (secondary N) is 2. The summed E-state index contributed by atoms with van der Waals surface area (Å²) >= 11 is 16.6. The number of benzene rings is 1. The number of halogens is 2. The second kappa shape index (κ2) is 4.55. The van der Waals surface area contributed by atoms with E-state index in [1.165, 1.54) is 5.01 Å². The molecule has 1 aromatic rings. The average molecular weight is 276 g/mol. The fraction of sp³-hybridized carbons (Fsp3) is 0.111. The Kier molecular flexibility index (Phi) is 3.30. The van der Waals surface area contributed by atoms with Gasteiger partial charge in [-0.05, 0) is 18.2 Å². The molecule has 1 saturated heterocycles. The molecule has 1 aliphatic rings. The highest BCUT2D eigenvalue weighted by molar-refractivity contribution is 7.80. The number of anilines is 1. The van der Waals surface area contributed by atoms with Gasteiger partial charge in [-0.2, -0.15) is 0 Å². The summed E-state index contributed by atoms with van der Waals surface area (Å²) in [6, 6.07) is 4.51. The first-order valence-electron chi connectivity index (χ1n) is 4.40. The third-order valence-electron chi connectivity index (χ3n) is 1.95. The minimum absolute atomic E-state index is 0.352. The van der Waals surface area contributed by atoms with Crippen LogP contribution in [-0.4, -0.2) is 17.6 Å². The Morgan fingerprint density at radius 2 is 1.88 bits per heavy atom. The van der Waals surface area contributed by atoms with E-state index in [0.29, 0.717) is 27.3 Å². The van der Waals surface area contributed by atoms with E-state index in [4.69, 9.17) is 35.4 Å². The number of rotatable bonds is 1. The predicted molar refractivity (Wildman–Crippen MR) is 68.1 cm³/mol. The van der Waals surface area contributed by atoms with E-state index in [1.807, 2.05) is 0 Å². The third kappa shape index (κ3) is 2.44. The molecule has 2 N–H and O–H groups in total. The molecule has 0 aliphatic carbocycles. The number of carbonyl (C=O) groups is 1. The highest BCUT2D eigenvalue weighted by Crippen LogP contribution is 2.25. The van der Waals surface area contributed by atoms with Crippen LogP contribution in [0.15, 0.2) is 18.2 Å². The quantitative estimate of drug-likeness (QED) is 0.774. The summed E-state index contributed by atoms with van der Waals surface area (Å²) in [4.78, 5) is 12.1. The number of carbonyl (C=O) groups excluding carboxylic acids is 1. The van der Waals surface area contributed by atoms with Gasteiger partial charge in [0.2, 0.25) is 0 Å². The van der Waals surface area contributed by atoms with E-state index in [-0.39, 0.29) is 6.03 Å². The topological polar surface area (TPSA) is 44.4 Å². The molecular formula is C9H7Cl2N3OS. The highest BCUT2D eigenvalue weighted by Gasteiger charge is 2.22. The molecule has 2 amide bonds. The van der Waals surface area contributed by atoms with Gasteiger partial charge in [-0.3, -0.25) is 5.32 Å². The van der Waals surface area contributed by atoms with Crippen LogP contribution >= 0.6 is 35.4 Å². The van der Waals surface area contributed by atoms with E-state index in [2.05, 4.69) is 10.7 Å². The summed E-state index contributed by atoms with van der Waals surface area (Å²) in [5.41, 5.74) is 3.42. The molecule has 16 heavy (non-hydrogen) atoms. The molecule has 0 saturated carbocycles. The molecule has 1 heterocycles. The summed E-state index contributed by atoms with van der Waals surface area (Å²) in [6.45, 7) is 0.394. The number of thiocarbonyl (C=S) groups is 1. The van der Waals surface area contributed by atoms with Crippen LogP contribution in [0, 0.1) is 0 Å². The fourth-order valence-corrected chi connectivity index (χ4v) is 1.99. The summed E-state index contributed by atoms with van der Waals surface area (Å²) in [6.07, 6.45) is 0. The monoisotopic (exact) mass is 275 g/mol. The van der Waals surface area contributed by atoms with Crippen molar-refractivity contribution in [1.29, 1.82) is 0 Å². The molecule has 4 nitrogen and oxygen atoms in total. The van der Waals surface area contributed by atoms with Crippen molar-refractivity contribution >= 4 is 52.1 Å². The number of hydrogen-bond acceptors (Lipinski definition) is 3. The van der Waals surface area contributed by atoms with Crippen LogP contribution in [0.2, 0.25) is 10.0 Å². The standard InChI is InChI=1S/C9H7Cl2N3OS/c10-5-1-6(11)3-7(2-5)14-9(15)13-8(16)4-12-14/h1-3,12H,4H2,(H,13,15,16). The Morgan fingerprint density at radius 1 is 1.25 bits per heavy atom. The van der Waals surface area contributed by atoms with Gasteiger partial charge in [0.1, 0.15) is 0 Å². The van der Waals surface area contributed by atoms with Crippen molar-refractivity contribution < 1.29 is 4.79 Å². The molecular weight excluding hydrogens is 269 g/mol. The summed E-state index contributed by atoms with van der Waals surface area (Å²) in [5, 5.41) is 4.78. The lowest BCUT2D eigenvalue weighted by molar-refractivity contribution is 0.246. The van der Waals surface area contributed by atoms with Crippen molar-refractivity contribution in [3.63, 3.8) is 0 Å². The summed E-state index contributed by atoms with van der Waals surface area (Å²) in [7, 11) is 0. The minimum atomic E-state index is -0.352. The van der Waals surface area contributed by atoms with Crippen molar-refractivity contribution in [2.45, 2.75) is 0 Å². The van der Waals surface area contributed by atoms with Crippen molar-refractivity contribution in [2.75, 3.05) is 11.6 Å². The van der Waals surface area contributed by atoms with Crippen LogP contribution in [-0.2, 0) is 0 Å². The van der Waals surface area contributed by atoms with E-state index in [1.54, 1.807) is 18.2 Å². The van der Waals surface area contributed by atoms with E-state index in [0.717, 1.165) is 0 Å². The van der Waals surface area contributed by atoms with Crippen LogP contribution in [0.4, 0.5) is 10.5 Å². The number of amides is 2. The van der Waals surface area contributed by atoms with Gasteiger partial charge in [0.25, 0.3) is 0 Å². The van der Waals surface area contributed by atoms with Crippen molar-refractivity contribution in [3.05, 3.63) is 28.2 Å². The van der Waals surface area contributed by atoms with Crippen LogP contribution in [0.25, 0.3) is 0 Å². The second-order valence-electron chi connectivity index (χ2n) is 3.15. The number of hydrogen-bond donors (Lipinski definition) is 2. The van der Waals surface area contributed by atoms with Crippen LogP contribution in [0.1, 0.15) is 0 Å². The molecule has 0 unspecified atom stereocenters. The zero-order chi connectivity index (χ0) is 11.7. The van der Waals surface area contributed by atoms with Gasteiger partial charge >= 0.3 is 6.03 Å². The normalized spacial score (nSPS) is 16.2. The van der Waals surface area contributed by atoms with Crippen LogP contribution in [0.3, 0.4) is 0 Å². The van der Waals surface area contributed by atoms with Crippen LogP contribution in [0.5, 0.6) is 0 Å². The Bertz CT molecular complexity index is 446. The third-order valence-corrected chi connectivity index (χ3v) is 2.64. The van der Waals surface area contributed by atoms with E-state index >= 15 is 0 Å². The maximum absolute atomic E-state index is 11.6. The maximum Gasteiger partial charge on any atom is 0.341 e. The molecule has 2 rings (SSSR count). The number of hydrazine groups is 1. The Morgan fingerprint density at radius 3 is 2.44 bits per heavy atom.